The summed E-state index contributed by atoms with van der Waals surface area (Å²) in [5.41, 5.74) is 2.85. The molecule has 0 radical (unpaired) electrons. The lowest BCUT2D eigenvalue weighted by molar-refractivity contribution is -0.130. The molecule has 0 aromatic carbocycles. The van der Waals surface area contributed by atoms with Crippen molar-refractivity contribution in [1.29, 1.82) is 0 Å². The number of hydrogen-bond donors (Lipinski definition) is 0. The number of aromatic nitrogens is 4. The molecule has 0 bridgehead atoms. The van der Waals surface area contributed by atoms with Crippen LogP contribution in [0.4, 0.5) is 0 Å². The molecule has 10 heteroatoms. The average Bonchev–Trinajstić information content (AvgIpc) is 3.52. The zero-order chi connectivity index (χ0) is 20.7. The van der Waals surface area contributed by atoms with E-state index in [0.717, 1.165) is 33.3 Å². The molecule has 30 heavy (non-hydrogen) atoms. The van der Waals surface area contributed by atoms with Gasteiger partial charge in [0.2, 0.25) is 0 Å². The summed E-state index contributed by atoms with van der Waals surface area (Å²) in [5.74, 6) is 0.745. The van der Waals surface area contributed by atoms with Crippen molar-refractivity contribution >= 4 is 51.8 Å². The maximum atomic E-state index is 13.2. The van der Waals surface area contributed by atoms with E-state index in [-0.39, 0.29) is 17.7 Å². The van der Waals surface area contributed by atoms with Gasteiger partial charge in [-0.25, -0.2) is 9.99 Å². The molecule has 1 atom stereocenters. The van der Waals surface area contributed by atoms with Gasteiger partial charge in [0.1, 0.15) is 0 Å². The molecule has 5 rings (SSSR count). The zero-order valence-corrected chi connectivity index (χ0v) is 18.8. The summed E-state index contributed by atoms with van der Waals surface area (Å²) in [6.07, 6.45) is 0.730. The zero-order valence-electron chi connectivity index (χ0n) is 16.3. The van der Waals surface area contributed by atoms with Gasteiger partial charge in [0.15, 0.2) is 5.16 Å². The fourth-order valence-corrected chi connectivity index (χ4v) is 5.89. The summed E-state index contributed by atoms with van der Waals surface area (Å²) in [6.45, 7) is 3.92. The normalized spacial score (nSPS) is 16.4. The molecule has 5 heterocycles. The van der Waals surface area contributed by atoms with E-state index in [1.165, 1.54) is 11.8 Å². The van der Waals surface area contributed by atoms with Crippen molar-refractivity contribution in [3.05, 3.63) is 62.2 Å². The molecule has 1 aliphatic heterocycles. The molecule has 0 saturated carbocycles. The molecule has 7 nitrogen and oxygen atoms in total. The van der Waals surface area contributed by atoms with Crippen LogP contribution in [0.15, 0.2) is 51.3 Å². The largest absolute Gasteiger partial charge is 0.272 e. The number of aryl methyl sites for hydroxylation is 2. The molecule has 4 aromatic rings. The second-order valence-corrected chi connectivity index (χ2v) is 9.81. The SMILES string of the molecule is Cc1cc(C)n2c(SCC(=O)N3N=C(c4cccs4)C[C@H]3c3cccs3)nnc2n1. The molecule has 0 fully saturated rings. The Morgan fingerprint density at radius 3 is 2.80 bits per heavy atom. The molecule has 0 N–H and O–H groups in total. The van der Waals surface area contributed by atoms with E-state index >= 15 is 0 Å². The Labute approximate surface area is 185 Å². The first-order chi connectivity index (χ1) is 14.6. The first-order valence-corrected chi connectivity index (χ1v) is 12.1. The van der Waals surface area contributed by atoms with Crippen LogP contribution >= 0.6 is 34.4 Å². The number of rotatable bonds is 5. The van der Waals surface area contributed by atoms with E-state index in [9.17, 15) is 4.79 Å². The monoisotopic (exact) mass is 454 g/mol. The van der Waals surface area contributed by atoms with Crippen molar-refractivity contribution in [2.75, 3.05) is 5.75 Å². The van der Waals surface area contributed by atoms with Gasteiger partial charge in [0.25, 0.3) is 11.7 Å². The maximum Gasteiger partial charge on any atom is 0.256 e. The lowest BCUT2D eigenvalue weighted by Gasteiger charge is -2.20. The highest BCUT2D eigenvalue weighted by atomic mass is 32.2. The molecule has 4 aromatic heterocycles. The summed E-state index contributed by atoms with van der Waals surface area (Å²) in [5, 5.41) is 19.5. The Hall–Kier alpha value is -2.56. The third-order valence-corrected chi connectivity index (χ3v) is 7.64. The summed E-state index contributed by atoms with van der Waals surface area (Å²) >= 11 is 4.67. The molecule has 1 amide bonds. The van der Waals surface area contributed by atoms with Crippen LogP contribution in [-0.4, -0.2) is 42.0 Å². The van der Waals surface area contributed by atoms with Gasteiger partial charge >= 0.3 is 0 Å². The Kier molecular flexibility index (Phi) is 5.13. The summed E-state index contributed by atoms with van der Waals surface area (Å²) in [6, 6.07) is 10.1. The van der Waals surface area contributed by atoms with Gasteiger partial charge < -0.3 is 0 Å². The Bertz CT molecular complexity index is 1230. The minimum atomic E-state index is -0.0589. The van der Waals surface area contributed by atoms with Crippen molar-refractivity contribution in [1.82, 2.24) is 24.6 Å². The van der Waals surface area contributed by atoms with Crippen molar-refractivity contribution in [2.24, 2.45) is 5.10 Å². The van der Waals surface area contributed by atoms with Crippen LogP contribution in [0, 0.1) is 13.8 Å². The molecule has 152 valence electrons. The van der Waals surface area contributed by atoms with Gasteiger partial charge in [-0.2, -0.15) is 5.10 Å². The summed E-state index contributed by atoms with van der Waals surface area (Å²) in [7, 11) is 0. The molecular weight excluding hydrogens is 436 g/mol. The highest BCUT2D eigenvalue weighted by Gasteiger charge is 2.34. The van der Waals surface area contributed by atoms with E-state index in [1.54, 1.807) is 27.7 Å². The molecule has 1 aliphatic rings. The first-order valence-electron chi connectivity index (χ1n) is 9.39. The van der Waals surface area contributed by atoms with Crippen LogP contribution in [0.3, 0.4) is 0 Å². The third-order valence-electron chi connectivity index (χ3n) is 4.83. The van der Waals surface area contributed by atoms with E-state index in [4.69, 9.17) is 5.10 Å². The van der Waals surface area contributed by atoms with Gasteiger partial charge in [-0.1, -0.05) is 23.9 Å². The maximum absolute atomic E-state index is 13.2. The topological polar surface area (TPSA) is 75.8 Å². The van der Waals surface area contributed by atoms with Gasteiger partial charge in [0.05, 0.1) is 22.4 Å². The second-order valence-electron chi connectivity index (χ2n) is 6.94. The number of hydrazone groups is 1. The summed E-state index contributed by atoms with van der Waals surface area (Å²) < 4.78 is 1.88. The standard InChI is InChI=1S/C20H18N6OS3/c1-12-9-13(2)25-19(21-12)22-23-20(25)30-11-18(27)26-15(17-6-4-8-29-17)10-14(24-26)16-5-3-7-28-16/h3-9,15H,10-11H2,1-2H3/t15-/m0/s1. The van der Waals surface area contributed by atoms with Crippen LogP contribution in [-0.2, 0) is 4.79 Å². The van der Waals surface area contributed by atoms with E-state index in [0.29, 0.717) is 10.9 Å². The predicted octanol–water partition coefficient (Wildman–Crippen LogP) is 4.33. The Morgan fingerprint density at radius 1 is 1.20 bits per heavy atom. The van der Waals surface area contributed by atoms with E-state index in [1.807, 2.05) is 47.2 Å². The molecular formula is C20H18N6OS3. The summed E-state index contributed by atoms with van der Waals surface area (Å²) in [4.78, 5) is 19.8. The molecule has 0 saturated heterocycles. The van der Waals surface area contributed by atoms with Crippen molar-refractivity contribution in [2.45, 2.75) is 31.5 Å². The number of hydrogen-bond acceptors (Lipinski definition) is 8. The van der Waals surface area contributed by atoms with Crippen molar-refractivity contribution in [3.63, 3.8) is 0 Å². The highest BCUT2D eigenvalue weighted by molar-refractivity contribution is 7.99. The van der Waals surface area contributed by atoms with Crippen molar-refractivity contribution in [3.8, 4) is 0 Å². The molecule has 0 unspecified atom stereocenters. The Morgan fingerprint density at radius 2 is 2.03 bits per heavy atom. The van der Waals surface area contributed by atoms with Gasteiger partial charge in [0, 0.05) is 22.7 Å². The Balaban J connectivity index is 1.39. The van der Waals surface area contributed by atoms with Crippen LogP contribution < -0.4 is 0 Å². The number of fused-ring (bicyclic) bond motifs is 1. The lowest BCUT2D eigenvalue weighted by Crippen LogP contribution is -2.28. The first kappa shape index (κ1) is 19.4. The smallest absolute Gasteiger partial charge is 0.256 e. The predicted molar refractivity (Wildman–Crippen MR) is 120 cm³/mol. The fraction of sp³-hybridized carbons (Fsp3) is 0.250. The van der Waals surface area contributed by atoms with Crippen LogP contribution in [0.2, 0.25) is 0 Å². The second kappa shape index (κ2) is 7.93. The number of thiophene rings is 2. The third kappa shape index (κ3) is 3.55. The fourth-order valence-electron chi connectivity index (χ4n) is 3.52. The number of thioether (sulfide) groups is 1. The molecule has 0 aliphatic carbocycles. The number of carbonyl (C=O) groups is 1. The highest BCUT2D eigenvalue weighted by Crippen LogP contribution is 2.36. The van der Waals surface area contributed by atoms with E-state index in [2.05, 4.69) is 27.3 Å². The van der Waals surface area contributed by atoms with Crippen LogP contribution in [0.5, 0.6) is 0 Å². The number of carbonyl (C=O) groups excluding carboxylic acids is 1. The quantitative estimate of drug-likeness (QED) is 0.420. The number of nitrogens with zero attached hydrogens (tertiary/aromatic N) is 6. The minimum Gasteiger partial charge on any atom is -0.272 e. The van der Waals surface area contributed by atoms with Crippen LogP contribution in [0.1, 0.15) is 33.6 Å². The number of amides is 1. The van der Waals surface area contributed by atoms with Gasteiger partial charge in [-0.05, 0) is 42.8 Å². The van der Waals surface area contributed by atoms with Gasteiger partial charge in [-0.15, -0.1) is 32.9 Å². The average molecular weight is 455 g/mol. The molecule has 0 spiro atoms. The lowest BCUT2D eigenvalue weighted by atomic mass is 10.1. The minimum absolute atomic E-state index is 0.0422. The van der Waals surface area contributed by atoms with E-state index < -0.39 is 0 Å². The van der Waals surface area contributed by atoms with Crippen LogP contribution in [0.25, 0.3) is 5.78 Å². The van der Waals surface area contributed by atoms with Crippen molar-refractivity contribution < 1.29 is 4.79 Å². The van der Waals surface area contributed by atoms with Gasteiger partial charge in [-0.3, -0.25) is 9.20 Å².